The molecule has 6 heteroatoms. The molecular weight excluding hydrogens is 827 g/mol. The molecule has 0 heterocycles. The number of ether oxygens (including phenoxy) is 1. The third-order valence-corrected chi connectivity index (χ3v) is 14.0. The van der Waals surface area contributed by atoms with E-state index >= 15 is 0 Å². The number of allylic oxidation sites excluding steroid dienone is 4. The van der Waals surface area contributed by atoms with Gasteiger partial charge in [-0.15, -0.1) is 0 Å². The lowest BCUT2D eigenvalue weighted by molar-refractivity contribution is -0.151. The number of nitrogens with one attached hydrogen (secondary N) is 1. The number of unbranched alkanes of at least 4 members (excludes halogenated alkanes) is 39. The van der Waals surface area contributed by atoms with Crippen LogP contribution in [0.15, 0.2) is 24.3 Å². The third-order valence-electron chi connectivity index (χ3n) is 14.0. The van der Waals surface area contributed by atoms with Crippen molar-refractivity contribution in [1.29, 1.82) is 0 Å². The van der Waals surface area contributed by atoms with Crippen LogP contribution in [0.5, 0.6) is 0 Å². The highest BCUT2D eigenvalue weighted by atomic mass is 16.5. The molecule has 3 atom stereocenters. The minimum absolute atomic E-state index is 0.0702. The summed E-state index contributed by atoms with van der Waals surface area (Å²) in [5.41, 5.74) is 0. The molecule has 1 amide bonds. The first kappa shape index (κ1) is 65.3. The molecule has 0 aromatic rings. The lowest BCUT2D eigenvalue weighted by Crippen LogP contribution is -2.46. The molecule has 0 aliphatic rings. The zero-order valence-electron chi connectivity index (χ0n) is 45.3. The summed E-state index contributed by atoms with van der Waals surface area (Å²) in [6, 6.07) is -0.704. The number of hydrogen-bond donors (Lipinski definition) is 3. The number of rotatable bonds is 55. The fourth-order valence-electron chi connectivity index (χ4n) is 9.42. The second-order valence-corrected chi connectivity index (χ2v) is 20.7. The predicted octanol–water partition coefficient (Wildman–Crippen LogP) is 18.6. The predicted molar refractivity (Wildman–Crippen MR) is 292 cm³/mol. The molecule has 3 unspecified atom stereocenters. The summed E-state index contributed by atoms with van der Waals surface area (Å²) in [6.07, 6.45) is 65.3. The monoisotopic (exact) mass is 944 g/mol. The highest BCUT2D eigenvalue weighted by Gasteiger charge is 2.24. The molecule has 0 spiro atoms. The first-order valence-electron chi connectivity index (χ1n) is 30.1. The molecule has 0 aliphatic carbocycles. The van der Waals surface area contributed by atoms with Crippen molar-refractivity contribution >= 4 is 11.9 Å². The summed E-state index contributed by atoms with van der Waals surface area (Å²) in [4.78, 5) is 26.3. The first-order chi connectivity index (χ1) is 33.0. The van der Waals surface area contributed by atoms with Crippen molar-refractivity contribution < 1.29 is 24.5 Å². The highest BCUT2D eigenvalue weighted by Crippen LogP contribution is 2.18. The summed E-state index contributed by atoms with van der Waals surface area (Å²) >= 11 is 0. The summed E-state index contributed by atoms with van der Waals surface area (Å²) in [5.74, 6) is -0.475. The second-order valence-electron chi connectivity index (χ2n) is 20.7. The van der Waals surface area contributed by atoms with Gasteiger partial charge in [0.05, 0.1) is 25.2 Å². The van der Waals surface area contributed by atoms with Crippen LogP contribution >= 0.6 is 0 Å². The molecule has 0 aromatic heterocycles. The van der Waals surface area contributed by atoms with Crippen LogP contribution < -0.4 is 5.32 Å². The Labute approximate surface area is 418 Å². The van der Waals surface area contributed by atoms with Gasteiger partial charge >= 0.3 is 5.97 Å². The smallest absolute Gasteiger partial charge is 0.306 e. The maximum absolute atomic E-state index is 13.3. The van der Waals surface area contributed by atoms with E-state index in [9.17, 15) is 19.8 Å². The molecule has 3 N–H and O–H groups in total. The number of aliphatic hydroxyl groups excluding tert-OH is 2. The van der Waals surface area contributed by atoms with E-state index in [1.807, 2.05) is 0 Å². The Morgan fingerprint density at radius 2 is 0.716 bits per heavy atom. The van der Waals surface area contributed by atoms with Gasteiger partial charge in [0.2, 0.25) is 5.91 Å². The van der Waals surface area contributed by atoms with Crippen LogP contribution in [0.2, 0.25) is 0 Å². The van der Waals surface area contributed by atoms with Gasteiger partial charge in [-0.05, 0) is 77.0 Å². The summed E-state index contributed by atoms with van der Waals surface area (Å²) in [7, 11) is 0. The zero-order chi connectivity index (χ0) is 48.8. The average Bonchev–Trinajstić information content (AvgIpc) is 3.32. The SMILES string of the molecule is CCCCCCCC/C=C/CCCCCCCCCC(=O)OC(CCCCC/C=C/CCCCCCCCCCC)CC(=O)NC(CO)C(O)CCCCCCCCCCCCCCCCC. The lowest BCUT2D eigenvalue weighted by atomic mass is 10.0. The Hall–Kier alpha value is -1.66. The van der Waals surface area contributed by atoms with Gasteiger partial charge in [0.15, 0.2) is 0 Å². The van der Waals surface area contributed by atoms with Gasteiger partial charge in [0.1, 0.15) is 6.10 Å². The van der Waals surface area contributed by atoms with E-state index in [2.05, 4.69) is 50.4 Å². The number of amides is 1. The van der Waals surface area contributed by atoms with Gasteiger partial charge in [0.25, 0.3) is 0 Å². The number of esters is 1. The maximum Gasteiger partial charge on any atom is 0.306 e. The van der Waals surface area contributed by atoms with E-state index in [1.54, 1.807) is 0 Å². The Bertz CT molecular complexity index is 1060. The van der Waals surface area contributed by atoms with Crippen LogP contribution in [0.3, 0.4) is 0 Å². The molecule has 0 aliphatic heterocycles. The van der Waals surface area contributed by atoms with E-state index in [4.69, 9.17) is 4.74 Å². The van der Waals surface area contributed by atoms with E-state index in [1.165, 1.54) is 225 Å². The molecule has 0 bridgehead atoms. The van der Waals surface area contributed by atoms with Gasteiger partial charge in [0, 0.05) is 6.42 Å². The number of carbonyl (C=O) groups excluding carboxylic acids is 2. The number of carbonyl (C=O) groups is 2. The maximum atomic E-state index is 13.3. The molecular formula is C61H117NO5. The molecule has 0 fully saturated rings. The lowest BCUT2D eigenvalue weighted by Gasteiger charge is -2.24. The van der Waals surface area contributed by atoms with Crippen LogP contribution in [0.4, 0.5) is 0 Å². The quantitative estimate of drug-likeness (QED) is 0.0321. The first-order valence-corrected chi connectivity index (χ1v) is 30.1. The normalized spacial score (nSPS) is 13.2. The summed E-state index contributed by atoms with van der Waals surface area (Å²) in [6.45, 7) is 6.52. The molecule has 0 saturated carbocycles. The van der Waals surface area contributed by atoms with Crippen LogP contribution in [0, 0.1) is 0 Å². The zero-order valence-corrected chi connectivity index (χ0v) is 45.3. The second kappa shape index (κ2) is 55.3. The summed E-state index contributed by atoms with van der Waals surface area (Å²) in [5, 5.41) is 23.9. The topological polar surface area (TPSA) is 95.9 Å². The fourth-order valence-corrected chi connectivity index (χ4v) is 9.42. The van der Waals surface area contributed by atoms with Crippen molar-refractivity contribution in [3.63, 3.8) is 0 Å². The number of hydrogen-bond acceptors (Lipinski definition) is 5. The van der Waals surface area contributed by atoms with E-state index < -0.39 is 18.2 Å². The van der Waals surface area contributed by atoms with Crippen molar-refractivity contribution in [2.24, 2.45) is 0 Å². The minimum atomic E-state index is -0.790. The van der Waals surface area contributed by atoms with Gasteiger partial charge in [-0.2, -0.15) is 0 Å². The Balaban J connectivity index is 4.54. The van der Waals surface area contributed by atoms with Crippen LogP contribution in [-0.2, 0) is 14.3 Å². The van der Waals surface area contributed by atoms with Crippen molar-refractivity contribution in [3.8, 4) is 0 Å². The highest BCUT2D eigenvalue weighted by molar-refractivity contribution is 5.77. The Kier molecular flexibility index (Phi) is 53.9. The van der Waals surface area contributed by atoms with E-state index in [0.717, 1.165) is 57.8 Å². The fraction of sp³-hybridized carbons (Fsp3) is 0.902. The van der Waals surface area contributed by atoms with Crippen molar-refractivity contribution in [3.05, 3.63) is 24.3 Å². The average molecular weight is 945 g/mol. The largest absolute Gasteiger partial charge is 0.462 e. The van der Waals surface area contributed by atoms with Gasteiger partial charge in [-0.3, -0.25) is 9.59 Å². The number of aliphatic hydroxyl groups is 2. The van der Waals surface area contributed by atoms with E-state index in [-0.39, 0.29) is 24.9 Å². The molecule has 0 rings (SSSR count). The third kappa shape index (κ3) is 50.5. The van der Waals surface area contributed by atoms with Crippen molar-refractivity contribution in [2.75, 3.05) is 6.61 Å². The van der Waals surface area contributed by atoms with Gasteiger partial charge in [-0.1, -0.05) is 263 Å². The standard InChI is InChI=1S/C61H117NO5/c1-4-7-10-13-16-19-22-25-28-30-33-36-39-42-45-48-51-54-61(66)67-57(52-49-46-43-40-37-34-32-29-26-23-20-17-14-11-8-5-2)55-60(65)62-58(56-63)59(64)53-50-47-44-41-38-35-31-27-24-21-18-15-12-9-6-3/h25,28,34,37,57-59,63-64H,4-24,26-27,29-33,35-36,38-56H2,1-3H3,(H,62,65)/b28-25+,37-34+. The van der Waals surface area contributed by atoms with E-state index in [0.29, 0.717) is 19.3 Å². The molecule has 396 valence electrons. The van der Waals surface area contributed by atoms with Crippen LogP contribution in [0.1, 0.15) is 329 Å². The van der Waals surface area contributed by atoms with Crippen LogP contribution in [-0.4, -0.2) is 46.9 Å². The Morgan fingerprint density at radius 3 is 1.07 bits per heavy atom. The molecule has 0 saturated heterocycles. The van der Waals surface area contributed by atoms with Gasteiger partial charge < -0.3 is 20.3 Å². The van der Waals surface area contributed by atoms with Crippen molar-refractivity contribution in [2.45, 2.75) is 347 Å². The molecule has 67 heavy (non-hydrogen) atoms. The molecule has 0 radical (unpaired) electrons. The Morgan fingerprint density at radius 1 is 0.418 bits per heavy atom. The molecule has 0 aromatic carbocycles. The van der Waals surface area contributed by atoms with Crippen molar-refractivity contribution in [1.82, 2.24) is 5.32 Å². The van der Waals surface area contributed by atoms with Crippen LogP contribution in [0.25, 0.3) is 0 Å². The minimum Gasteiger partial charge on any atom is -0.462 e. The summed E-state index contributed by atoms with van der Waals surface area (Å²) < 4.78 is 5.97. The van der Waals surface area contributed by atoms with Gasteiger partial charge in [-0.25, -0.2) is 0 Å². The molecule has 6 nitrogen and oxygen atoms in total.